The van der Waals surface area contributed by atoms with Gasteiger partial charge in [-0.1, -0.05) is 40.2 Å². The molecule has 0 bridgehead atoms. The van der Waals surface area contributed by atoms with Crippen LogP contribution in [0.2, 0.25) is 0 Å². The number of aromatic nitrogens is 2. The summed E-state index contributed by atoms with van der Waals surface area (Å²) in [4.78, 5) is 24.2. The number of rotatable bonds is 7. The van der Waals surface area contributed by atoms with Gasteiger partial charge in [-0.25, -0.2) is 4.68 Å². The van der Waals surface area contributed by atoms with Gasteiger partial charge in [0.2, 0.25) is 5.91 Å². The fourth-order valence-corrected chi connectivity index (χ4v) is 2.91. The minimum Gasteiger partial charge on any atom is -0.497 e. The first kappa shape index (κ1) is 19.8. The van der Waals surface area contributed by atoms with E-state index in [0.29, 0.717) is 18.0 Å². The SMILES string of the molecule is COc1cccc(-c2ccc(=O)n(CCC(=O)NCc3ccc(Br)cc3)n2)c1. The summed E-state index contributed by atoms with van der Waals surface area (Å²) >= 11 is 3.38. The molecule has 0 fully saturated rings. The average Bonchev–Trinajstić information content (AvgIpc) is 2.72. The molecule has 0 radical (unpaired) electrons. The standard InChI is InChI=1S/C21H20BrN3O3/c1-28-18-4-2-3-16(13-18)19-9-10-21(27)25(24-19)12-11-20(26)23-14-15-5-7-17(22)8-6-15/h2-10,13H,11-12,14H2,1H3,(H,23,26). The second-order valence-corrected chi connectivity index (χ2v) is 7.08. The number of nitrogens with zero attached hydrogens (tertiary/aromatic N) is 2. The third-order valence-electron chi connectivity index (χ3n) is 4.19. The molecule has 0 spiro atoms. The average molecular weight is 442 g/mol. The number of hydrogen-bond donors (Lipinski definition) is 1. The van der Waals surface area contributed by atoms with Crippen LogP contribution in [0.25, 0.3) is 11.3 Å². The molecule has 28 heavy (non-hydrogen) atoms. The van der Waals surface area contributed by atoms with Crippen molar-refractivity contribution in [2.24, 2.45) is 0 Å². The van der Waals surface area contributed by atoms with Crippen LogP contribution in [0.4, 0.5) is 0 Å². The van der Waals surface area contributed by atoms with Gasteiger partial charge in [0, 0.05) is 29.1 Å². The molecule has 1 heterocycles. The van der Waals surface area contributed by atoms with Gasteiger partial charge in [-0.2, -0.15) is 5.10 Å². The highest BCUT2D eigenvalue weighted by molar-refractivity contribution is 9.10. The van der Waals surface area contributed by atoms with Crippen LogP contribution >= 0.6 is 15.9 Å². The predicted molar refractivity (Wildman–Crippen MR) is 111 cm³/mol. The fourth-order valence-electron chi connectivity index (χ4n) is 2.64. The molecule has 3 aromatic rings. The summed E-state index contributed by atoms with van der Waals surface area (Å²) in [6, 6.07) is 18.3. The Morgan fingerprint density at radius 3 is 2.68 bits per heavy atom. The molecule has 0 aliphatic rings. The van der Waals surface area contributed by atoms with Gasteiger partial charge >= 0.3 is 0 Å². The van der Waals surface area contributed by atoms with E-state index in [2.05, 4.69) is 26.3 Å². The molecule has 1 amide bonds. The van der Waals surface area contributed by atoms with Gasteiger partial charge in [0.15, 0.2) is 0 Å². The monoisotopic (exact) mass is 441 g/mol. The highest BCUT2D eigenvalue weighted by Gasteiger charge is 2.07. The van der Waals surface area contributed by atoms with E-state index in [1.807, 2.05) is 48.5 Å². The largest absolute Gasteiger partial charge is 0.497 e. The van der Waals surface area contributed by atoms with Crippen LogP contribution in [0.1, 0.15) is 12.0 Å². The second-order valence-electron chi connectivity index (χ2n) is 6.17. The first-order valence-electron chi connectivity index (χ1n) is 8.79. The van der Waals surface area contributed by atoms with E-state index in [0.717, 1.165) is 15.6 Å². The summed E-state index contributed by atoms with van der Waals surface area (Å²) in [5.41, 5.74) is 2.25. The van der Waals surface area contributed by atoms with Crippen LogP contribution in [-0.4, -0.2) is 22.8 Å². The van der Waals surface area contributed by atoms with Gasteiger partial charge < -0.3 is 10.1 Å². The van der Waals surface area contributed by atoms with Crippen molar-refractivity contribution in [3.63, 3.8) is 0 Å². The highest BCUT2D eigenvalue weighted by Crippen LogP contribution is 2.21. The minimum absolute atomic E-state index is 0.136. The first-order chi connectivity index (χ1) is 13.5. The Hall–Kier alpha value is -2.93. The van der Waals surface area contributed by atoms with E-state index in [9.17, 15) is 9.59 Å². The van der Waals surface area contributed by atoms with Crippen molar-refractivity contribution in [2.75, 3.05) is 7.11 Å². The Balaban J connectivity index is 1.62. The summed E-state index contributed by atoms with van der Waals surface area (Å²) in [7, 11) is 1.60. The summed E-state index contributed by atoms with van der Waals surface area (Å²) < 4.78 is 7.53. The van der Waals surface area contributed by atoms with Crippen LogP contribution in [0.15, 0.2) is 69.9 Å². The lowest BCUT2D eigenvalue weighted by Gasteiger charge is -2.09. The number of amides is 1. The Labute approximate surface area is 171 Å². The van der Waals surface area contributed by atoms with Gasteiger partial charge in [-0.05, 0) is 35.9 Å². The van der Waals surface area contributed by atoms with Crippen LogP contribution < -0.4 is 15.6 Å². The quantitative estimate of drug-likeness (QED) is 0.609. The smallest absolute Gasteiger partial charge is 0.266 e. The molecule has 0 aliphatic heterocycles. The van der Waals surface area contributed by atoms with E-state index in [-0.39, 0.29) is 24.4 Å². The maximum atomic E-state index is 12.1. The van der Waals surface area contributed by atoms with Crippen molar-refractivity contribution in [1.82, 2.24) is 15.1 Å². The van der Waals surface area contributed by atoms with Crippen molar-refractivity contribution in [3.8, 4) is 17.0 Å². The van der Waals surface area contributed by atoms with Gasteiger partial charge in [0.25, 0.3) is 5.56 Å². The zero-order valence-electron chi connectivity index (χ0n) is 15.4. The molecule has 0 atom stereocenters. The molecule has 1 N–H and O–H groups in total. The van der Waals surface area contributed by atoms with Crippen molar-refractivity contribution >= 4 is 21.8 Å². The lowest BCUT2D eigenvalue weighted by atomic mass is 10.1. The Kier molecular flexibility index (Phi) is 6.60. The molecule has 0 saturated heterocycles. The molecule has 144 valence electrons. The van der Waals surface area contributed by atoms with E-state index in [1.165, 1.54) is 10.7 Å². The number of benzene rings is 2. The third kappa shape index (κ3) is 5.29. The van der Waals surface area contributed by atoms with Crippen LogP contribution in [0.5, 0.6) is 5.75 Å². The molecule has 3 rings (SSSR count). The summed E-state index contributed by atoms with van der Waals surface area (Å²) in [5, 5.41) is 7.24. The van der Waals surface area contributed by atoms with Gasteiger partial charge in [-0.3, -0.25) is 9.59 Å². The van der Waals surface area contributed by atoms with E-state index in [1.54, 1.807) is 13.2 Å². The van der Waals surface area contributed by atoms with Crippen LogP contribution in [0, 0.1) is 0 Å². The van der Waals surface area contributed by atoms with E-state index in [4.69, 9.17) is 4.74 Å². The lowest BCUT2D eigenvalue weighted by Crippen LogP contribution is -2.28. The van der Waals surface area contributed by atoms with Crippen molar-refractivity contribution in [2.45, 2.75) is 19.5 Å². The van der Waals surface area contributed by atoms with Gasteiger partial charge in [0.05, 0.1) is 19.3 Å². The number of ether oxygens (including phenoxy) is 1. The number of carbonyl (C=O) groups is 1. The van der Waals surface area contributed by atoms with E-state index >= 15 is 0 Å². The molecule has 6 nitrogen and oxygen atoms in total. The van der Waals surface area contributed by atoms with Crippen molar-refractivity contribution < 1.29 is 9.53 Å². The zero-order valence-corrected chi connectivity index (χ0v) is 17.0. The maximum Gasteiger partial charge on any atom is 0.266 e. The molecule has 0 unspecified atom stereocenters. The number of methoxy groups -OCH3 is 1. The predicted octanol–water partition coefficient (Wildman–Crippen LogP) is 3.39. The number of carbonyl (C=O) groups excluding carboxylic acids is 1. The maximum absolute atomic E-state index is 12.1. The highest BCUT2D eigenvalue weighted by atomic mass is 79.9. The van der Waals surface area contributed by atoms with E-state index < -0.39 is 0 Å². The van der Waals surface area contributed by atoms with Gasteiger partial charge in [0.1, 0.15) is 5.75 Å². The van der Waals surface area contributed by atoms with Crippen molar-refractivity contribution in [3.05, 3.63) is 81.1 Å². The molecule has 0 aliphatic carbocycles. The molecule has 0 saturated carbocycles. The topological polar surface area (TPSA) is 73.2 Å². The summed E-state index contributed by atoms with van der Waals surface area (Å²) in [6.45, 7) is 0.654. The second kappa shape index (κ2) is 9.32. The zero-order chi connectivity index (χ0) is 19.9. The summed E-state index contributed by atoms with van der Waals surface area (Å²) in [5.74, 6) is 0.577. The number of hydrogen-bond acceptors (Lipinski definition) is 4. The molecule has 1 aromatic heterocycles. The fraction of sp³-hybridized carbons (Fsp3) is 0.190. The first-order valence-corrected chi connectivity index (χ1v) is 9.58. The Morgan fingerprint density at radius 2 is 1.93 bits per heavy atom. The van der Waals surface area contributed by atoms with Crippen molar-refractivity contribution in [1.29, 1.82) is 0 Å². The molecular formula is C21H20BrN3O3. The van der Waals surface area contributed by atoms with Crippen LogP contribution in [-0.2, 0) is 17.9 Å². The summed E-state index contributed by atoms with van der Waals surface area (Å²) in [6.07, 6.45) is 0.172. The molecule has 7 heteroatoms. The number of aryl methyl sites for hydroxylation is 1. The molecular weight excluding hydrogens is 422 g/mol. The third-order valence-corrected chi connectivity index (χ3v) is 4.71. The van der Waals surface area contributed by atoms with Crippen LogP contribution in [0.3, 0.4) is 0 Å². The number of nitrogens with one attached hydrogen (secondary N) is 1. The Morgan fingerprint density at radius 1 is 1.14 bits per heavy atom. The minimum atomic E-state index is -0.243. The number of halogens is 1. The normalized spacial score (nSPS) is 10.5. The Bertz CT molecular complexity index is 1020. The van der Waals surface area contributed by atoms with Gasteiger partial charge in [-0.15, -0.1) is 0 Å². The lowest BCUT2D eigenvalue weighted by molar-refractivity contribution is -0.121. The molecule has 2 aromatic carbocycles.